The lowest BCUT2D eigenvalue weighted by atomic mass is 9.76. The summed E-state index contributed by atoms with van der Waals surface area (Å²) >= 11 is 0. The molecule has 6 nitrogen and oxygen atoms in total. The molecule has 0 saturated heterocycles. The zero-order chi connectivity index (χ0) is 34.1. The molecule has 0 unspecified atom stereocenters. The van der Waals surface area contributed by atoms with Crippen LogP contribution >= 0.6 is 0 Å². The van der Waals surface area contributed by atoms with Crippen LogP contribution in [0.4, 0.5) is 57.1 Å². The molecule has 0 aliphatic carbocycles. The maximum absolute atomic E-state index is 14.5. The molecule has 0 fully saturated rings. The van der Waals surface area contributed by atoms with Crippen LogP contribution in [0.25, 0.3) is 0 Å². The Kier molecular flexibility index (Phi) is 14.1. The van der Waals surface area contributed by atoms with Crippen LogP contribution in [0.1, 0.15) is 72.1 Å². The van der Waals surface area contributed by atoms with Crippen molar-refractivity contribution in [1.82, 2.24) is 0 Å². The molecule has 0 heterocycles. The molecule has 0 bridgehead atoms. The second kappa shape index (κ2) is 15.0. The van der Waals surface area contributed by atoms with E-state index in [9.17, 15) is 71.5 Å². The van der Waals surface area contributed by atoms with Crippen molar-refractivity contribution in [3.05, 3.63) is 0 Å². The van der Waals surface area contributed by atoms with Gasteiger partial charge < -0.3 is 14.2 Å². The van der Waals surface area contributed by atoms with E-state index in [1.165, 1.54) is 0 Å². The van der Waals surface area contributed by atoms with E-state index in [0.29, 0.717) is 0 Å². The molecule has 0 amide bonds. The molecule has 0 rings (SSSR count). The predicted octanol–water partition coefficient (Wildman–Crippen LogP) is 7.52. The summed E-state index contributed by atoms with van der Waals surface area (Å²) < 4.78 is 190. The van der Waals surface area contributed by atoms with Crippen molar-refractivity contribution in [3.8, 4) is 0 Å². The van der Waals surface area contributed by atoms with Crippen LogP contribution in [-0.2, 0) is 28.6 Å². The summed E-state index contributed by atoms with van der Waals surface area (Å²) in [5.41, 5.74) is -2.93. The first-order valence-electron chi connectivity index (χ1n) is 12.8. The van der Waals surface area contributed by atoms with Gasteiger partial charge in [0.05, 0.1) is 19.8 Å². The van der Waals surface area contributed by atoms with Crippen molar-refractivity contribution in [2.75, 3.05) is 19.8 Å². The number of hydrogen-bond donors (Lipinski definition) is 0. The third kappa shape index (κ3) is 8.57. The molecule has 0 aliphatic rings. The fourth-order valence-electron chi connectivity index (χ4n) is 3.77. The van der Waals surface area contributed by atoms with E-state index < -0.39 is 91.6 Å². The number of unbranched alkanes of at least 4 members (excludes halogenated alkanes) is 3. The Labute approximate surface area is 237 Å². The maximum Gasteiger partial charge on any atom is 0.460 e. The Balaban J connectivity index is 6.31. The highest BCUT2D eigenvalue weighted by molar-refractivity contribution is 6.00. The number of alkyl halides is 13. The fourth-order valence-corrected chi connectivity index (χ4v) is 3.77. The largest absolute Gasteiger partial charge is 0.466 e. The Bertz CT molecular complexity index is 917. The Morgan fingerprint density at radius 1 is 0.488 bits per heavy atom. The molecule has 0 aromatic heterocycles. The minimum atomic E-state index is -8.08. The Morgan fingerprint density at radius 3 is 1.33 bits per heavy atom. The zero-order valence-electron chi connectivity index (χ0n) is 23.1. The van der Waals surface area contributed by atoms with Crippen molar-refractivity contribution >= 4 is 17.9 Å². The first-order chi connectivity index (χ1) is 19.4. The van der Waals surface area contributed by atoms with Gasteiger partial charge in [-0.25, -0.2) is 0 Å². The van der Waals surface area contributed by atoms with Gasteiger partial charge in [0.25, 0.3) is 0 Å². The average molecular weight is 662 g/mol. The summed E-state index contributed by atoms with van der Waals surface area (Å²) in [5.74, 6) is -41.9. The summed E-state index contributed by atoms with van der Waals surface area (Å²) in [6, 6.07) is 0. The quantitative estimate of drug-likeness (QED) is 0.0468. The standard InChI is InChI=1S/C24H31F13O6/c1-4-41-15(38)11-9-7-8-10-12-18(16(39)42-5-2,17(40)43-6-3)13-14-19(25,26)20(27,28)21(29,30)22(31,32)23(33,34)24(35,36)37/h4-14H2,1-3H3. The van der Waals surface area contributed by atoms with Gasteiger partial charge in [0.15, 0.2) is 5.41 Å². The van der Waals surface area contributed by atoms with Crippen LogP contribution in [0.15, 0.2) is 0 Å². The first-order valence-corrected chi connectivity index (χ1v) is 12.8. The molecule has 43 heavy (non-hydrogen) atoms. The third-order valence-corrected chi connectivity index (χ3v) is 6.24. The minimum absolute atomic E-state index is 0.0533. The molecule has 254 valence electrons. The lowest BCUT2D eigenvalue weighted by molar-refractivity contribution is -0.440. The van der Waals surface area contributed by atoms with Gasteiger partial charge in [0.2, 0.25) is 0 Å². The highest BCUT2D eigenvalue weighted by Gasteiger charge is 2.90. The maximum atomic E-state index is 14.5. The summed E-state index contributed by atoms with van der Waals surface area (Å²) in [4.78, 5) is 36.8. The Morgan fingerprint density at radius 2 is 0.907 bits per heavy atom. The number of halogens is 13. The normalized spacial score (nSPS) is 14.0. The number of hydrogen-bond acceptors (Lipinski definition) is 6. The van der Waals surface area contributed by atoms with Crippen molar-refractivity contribution in [3.63, 3.8) is 0 Å². The van der Waals surface area contributed by atoms with Crippen molar-refractivity contribution in [1.29, 1.82) is 0 Å². The summed E-state index contributed by atoms with van der Waals surface area (Å²) in [7, 11) is 0. The van der Waals surface area contributed by atoms with Gasteiger partial charge in [-0.05, 0) is 40.0 Å². The summed E-state index contributed by atoms with van der Waals surface area (Å²) in [6.07, 6.45) is -12.8. The lowest BCUT2D eigenvalue weighted by Gasteiger charge is -2.40. The van der Waals surface area contributed by atoms with Crippen LogP contribution in [0.2, 0.25) is 0 Å². The first kappa shape index (κ1) is 40.5. The molecule has 0 atom stereocenters. The highest BCUT2D eigenvalue weighted by Crippen LogP contribution is 2.61. The SMILES string of the molecule is CCOC(=O)CCCCCCC(CCC(F)(F)C(F)(F)C(F)(F)C(F)(F)C(F)(F)C(F)(F)F)(C(=O)OCC)C(=O)OCC. The van der Waals surface area contributed by atoms with E-state index in [2.05, 4.69) is 9.47 Å². The van der Waals surface area contributed by atoms with E-state index in [1.807, 2.05) is 0 Å². The summed E-state index contributed by atoms with van der Waals surface area (Å²) in [6.45, 7) is 2.89. The van der Waals surface area contributed by atoms with Gasteiger partial charge in [0.1, 0.15) is 0 Å². The molecule has 0 saturated carbocycles. The second-order valence-electron chi connectivity index (χ2n) is 9.24. The Hall–Kier alpha value is -2.50. The second-order valence-corrected chi connectivity index (χ2v) is 9.24. The van der Waals surface area contributed by atoms with Gasteiger partial charge in [-0.1, -0.05) is 19.3 Å². The minimum Gasteiger partial charge on any atom is -0.466 e. The third-order valence-electron chi connectivity index (χ3n) is 6.24. The molecule has 0 aromatic carbocycles. The van der Waals surface area contributed by atoms with E-state index >= 15 is 0 Å². The van der Waals surface area contributed by atoms with E-state index in [1.54, 1.807) is 6.92 Å². The van der Waals surface area contributed by atoms with Crippen molar-refractivity contribution in [2.45, 2.75) is 108 Å². The number of ether oxygens (including phenoxy) is 3. The lowest BCUT2D eigenvalue weighted by Crippen LogP contribution is -2.70. The smallest absolute Gasteiger partial charge is 0.460 e. The molecule has 0 N–H and O–H groups in total. The monoisotopic (exact) mass is 662 g/mol. The molecule has 0 spiro atoms. The van der Waals surface area contributed by atoms with Crippen molar-refractivity contribution in [2.24, 2.45) is 5.41 Å². The average Bonchev–Trinajstić information content (AvgIpc) is 2.87. The zero-order valence-corrected chi connectivity index (χ0v) is 23.1. The highest BCUT2D eigenvalue weighted by atomic mass is 19.4. The number of rotatable bonds is 19. The van der Waals surface area contributed by atoms with Crippen molar-refractivity contribution < 1.29 is 85.7 Å². The van der Waals surface area contributed by atoms with E-state index in [-0.39, 0.29) is 38.7 Å². The number of carbonyl (C=O) groups is 3. The molecular weight excluding hydrogens is 631 g/mol. The van der Waals surface area contributed by atoms with Crippen LogP contribution in [0.5, 0.6) is 0 Å². The molecule has 19 heteroatoms. The number of esters is 3. The molecule has 0 aromatic rings. The summed E-state index contributed by atoms with van der Waals surface area (Å²) in [5, 5.41) is 0. The number of carbonyl (C=O) groups excluding carboxylic acids is 3. The fraction of sp³-hybridized carbons (Fsp3) is 0.875. The predicted molar refractivity (Wildman–Crippen MR) is 120 cm³/mol. The molecular formula is C24H31F13O6. The van der Waals surface area contributed by atoms with Crippen LogP contribution in [0.3, 0.4) is 0 Å². The van der Waals surface area contributed by atoms with Gasteiger partial charge in [-0.2, -0.15) is 57.1 Å². The molecule has 0 aliphatic heterocycles. The van der Waals surface area contributed by atoms with Gasteiger partial charge in [-0.3, -0.25) is 14.4 Å². The van der Waals surface area contributed by atoms with Gasteiger partial charge in [-0.15, -0.1) is 0 Å². The van der Waals surface area contributed by atoms with Crippen LogP contribution in [0, 0.1) is 5.41 Å². The van der Waals surface area contributed by atoms with Gasteiger partial charge in [0, 0.05) is 12.8 Å². The van der Waals surface area contributed by atoms with Crippen LogP contribution in [-0.4, -0.2) is 73.5 Å². The topological polar surface area (TPSA) is 78.9 Å². The van der Waals surface area contributed by atoms with E-state index in [0.717, 1.165) is 13.8 Å². The molecule has 0 radical (unpaired) electrons. The van der Waals surface area contributed by atoms with E-state index in [4.69, 9.17) is 4.74 Å². The van der Waals surface area contributed by atoms with Crippen LogP contribution < -0.4 is 0 Å². The van der Waals surface area contributed by atoms with Gasteiger partial charge >= 0.3 is 53.7 Å².